The fourth-order valence-electron chi connectivity index (χ4n) is 5.69. The zero-order valence-electron chi connectivity index (χ0n) is 16.1. The molecule has 4 atom stereocenters. The van der Waals surface area contributed by atoms with E-state index in [1.165, 1.54) is 22.4 Å². The van der Waals surface area contributed by atoms with Crippen LogP contribution in [0.1, 0.15) is 47.1 Å². The fraction of sp³-hybridized carbons (Fsp3) is 0.478. The lowest BCUT2D eigenvalue weighted by molar-refractivity contribution is 0.306. The van der Waals surface area contributed by atoms with Crippen molar-refractivity contribution in [2.45, 2.75) is 59.5 Å². The Morgan fingerprint density at radius 3 is 1.71 bits per heavy atom. The maximum absolute atomic E-state index is 2.62. The normalized spacial score (nSPS) is 37.5. The minimum atomic E-state index is 0.0153. The highest BCUT2D eigenvalue weighted by Gasteiger charge is 2.63. The quantitative estimate of drug-likeness (QED) is 0.589. The summed E-state index contributed by atoms with van der Waals surface area (Å²) in [5, 5.41) is 0. The van der Waals surface area contributed by atoms with Gasteiger partial charge in [-0.25, -0.2) is 0 Å². The van der Waals surface area contributed by atoms with Crippen LogP contribution in [0.5, 0.6) is 0 Å². The highest BCUT2D eigenvalue weighted by molar-refractivity contribution is 5.76. The van der Waals surface area contributed by atoms with Crippen LogP contribution in [0.15, 0.2) is 58.7 Å². The molecule has 1 heteroatoms. The Labute approximate surface area is 146 Å². The number of benzene rings is 1. The molecule has 126 valence electrons. The third-order valence-corrected chi connectivity index (χ3v) is 6.84. The van der Waals surface area contributed by atoms with Gasteiger partial charge in [-0.2, -0.15) is 0 Å². The third kappa shape index (κ3) is 1.71. The van der Waals surface area contributed by atoms with E-state index in [1.807, 2.05) is 0 Å². The Hall–Kier alpha value is -1.76. The van der Waals surface area contributed by atoms with Gasteiger partial charge in [0.05, 0.1) is 11.1 Å². The van der Waals surface area contributed by atoms with Crippen LogP contribution >= 0.6 is 0 Å². The van der Waals surface area contributed by atoms with E-state index in [-0.39, 0.29) is 11.1 Å². The molecule has 0 amide bonds. The largest absolute Gasteiger partial charge is 0.346 e. The highest BCUT2D eigenvalue weighted by Crippen LogP contribution is 2.62. The maximum atomic E-state index is 2.62. The summed E-state index contributed by atoms with van der Waals surface area (Å²) < 4.78 is 0. The molecule has 0 N–H and O–H groups in total. The molecule has 0 spiro atoms. The molecule has 1 nitrogen and oxygen atoms in total. The van der Waals surface area contributed by atoms with Gasteiger partial charge >= 0.3 is 0 Å². The number of aryl methyl sites for hydroxylation is 1. The van der Waals surface area contributed by atoms with Crippen molar-refractivity contribution in [2.24, 2.45) is 11.8 Å². The van der Waals surface area contributed by atoms with Crippen molar-refractivity contribution < 1.29 is 0 Å². The van der Waals surface area contributed by atoms with Crippen LogP contribution in [-0.4, -0.2) is 11.1 Å². The zero-order chi connectivity index (χ0) is 17.4. The van der Waals surface area contributed by atoms with Crippen molar-refractivity contribution >= 4 is 5.69 Å². The maximum Gasteiger partial charge on any atom is 0.0812 e. The lowest BCUT2D eigenvalue weighted by Crippen LogP contribution is -2.75. The first-order chi connectivity index (χ1) is 11.2. The van der Waals surface area contributed by atoms with Crippen LogP contribution in [0.25, 0.3) is 0 Å². The number of hydrogen-bond donors (Lipinski definition) is 0. The van der Waals surface area contributed by atoms with Crippen LogP contribution in [0.4, 0.5) is 5.69 Å². The van der Waals surface area contributed by atoms with Gasteiger partial charge in [-0.3, -0.25) is 0 Å². The van der Waals surface area contributed by atoms with Gasteiger partial charge in [0.25, 0.3) is 0 Å². The van der Waals surface area contributed by atoms with Crippen molar-refractivity contribution in [3.8, 4) is 0 Å². The average Bonchev–Trinajstić information content (AvgIpc) is 2.51. The van der Waals surface area contributed by atoms with Crippen molar-refractivity contribution in [1.82, 2.24) is 0 Å². The summed E-state index contributed by atoms with van der Waals surface area (Å²) in [5.41, 5.74) is 9.01. The summed E-state index contributed by atoms with van der Waals surface area (Å²) in [6.07, 6.45) is 5.03. The van der Waals surface area contributed by atoms with E-state index in [0.717, 1.165) is 0 Å². The van der Waals surface area contributed by atoms with E-state index in [0.29, 0.717) is 11.8 Å². The lowest BCUT2D eigenvalue weighted by Gasteiger charge is -2.69. The molecule has 1 aromatic carbocycles. The van der Waals surface area contributed by atoms with E-state index >= 15 is 0 Å². The van der Waals surface area contributed by atoms with Gasteiger partial charge in [-0.15, -0.1) is 0 Å². The van der Waals surface area contributed by atoms with Gasteiger partial charge in [0, 0.05) is 5.69 Å². The Kier molecular flexibility index (Phi) is 3.05. The molecule has 3 aliphatic rings. The van der Waals surface area contributed by atoms with Crippen LogP contribution < -0.4 is 4.90 Å². The van der Waals surface area contributed by atoms with E-state index < -0.39 is 0 Å². The molecule has 1 heterocycles. The standard InChI is InChI=1S/C23H29N/c1-14-8-10-19(11-9-14)24-22(6)12-15(2)17(4)20-18(5)16(3)13-23(24,7)21(20)22/h8-13,17-18H,1-7H3. The molecule has 2 aliphatic carbocycles. The molecular formula is C23H29N. The number of allylic oxidation sites excluding steroid dienone is 3. The second-order valence-corrected chi connectivity index (χ2v) is 8.52. The van der Waals surface area contributed by atoms with Crippen LogP contribution in [0.2, 0.25) is 0 Å². The monoisotopic (exact) mass is 319 g/mol. The summed E-state index contributed by atoms with van der Waals surface area (Å²) in [6.45, 7) is 16.4. The summed E-state index contributed by atoms with van der Waals surface area (Å²) >= 11 is 0. The number of rotatable bonds is 1. The average molecular weight is 319 g/mol. The molecule has 1 aromatic rings. The lowest BCUT2D eigenvalue weighted by atomic mass is 9.53. The van der Waals surface area contributed by atoms with Crippen molar-refractivity contribution in [3.05, 3.63) is 64.3 Å². The van der Waals surface area contributed by atoms with E-state index in [2.05, 4.69) is 89.8 Å². The summed E-state index contributed by atoms with van der Waals surface area (Å²) in [6, 6.07) is 9.03. The summed E-state index contributed by atoms with van der Waals surface area (Å²) in [5.74, 6) is 1.12. The third-order valence-electron chi connectivity index (χ3n) is 6.84. The van der Waals surface area contributed by atoms with Crippen molar-refractivity contribution in [1.29, 1.82) is 0 Å². The molecule has 1 fully saturated rings. The predicted molar refractivity (Wildman–Crippen MR) is 103 cm³/mol. The fourth-order valence-corrected chi connectivity index (χ4v) is 5.69. The summed E-state index contributed by atoms with van der Waals surface area (Å²) in [7, 11) is 0. The first-order valence-electron chi connectivity index (χ1n) is 9.21. The van der Waals surface area contributed by atoms with Crippen LogP contribution in [-0.2, 0) is 0 Å². The van der Waals surface area contributed by atoms with Gasteiger partial charge in [0.15, 0.2) is 0 Å². The molecule has 0 radical (unpaired) electrons. The molecule has 4 rings (SSSR count). The van der Waals surface area contributed by atoms with E-state index in [1.54, 1.807) is 11.1 Å². The molecule has 0 saturated carbocycles. The second kappa shape index (κ2) is 4.65. The number of hydrogen-bond acceptors (Lipinski definition) is 1. The predicted octanol–water partition coefficient (Wildman–Crippen LogP) is 5.82. The SMILES string of the molecule is CC1=CC2(C)C3=C(C1C)C(C)C(C)=CC3(C)N2c1ccc(C)cc1. The van der Waals surface area contributed by atoms with E-state index in [9.17, 15) is 0 Å². The van der Waals surface area contributed by atoms with Crippen LogP contribution in [0.3, 0.4) is 0 Å². The Balaban J connectivity index is 1.95. The Morgan fingerprint density at radius 2 is 1.25 bits per heavy atom. The topological polar surface area (TPSA) is 3.24 Å². The van der Waals surface area contributed by atoms with Crippen LogP contribution in [0, 0.1) is 18.8 Å². The first kappa shape index (κ1) is 15.7. The Morgan fingerprint density at radius 1 is 0.792 bits per heavy atom. The Bertz CT molecular complexity index is 763. The van der Waals surface area contributed by atoms with E-state index in [4.69, 9.17) is 0 Å². The van der Waals surface area contributed by atoms with Crippen molar-refractivity contribution in [2.75, 3.05) is 4.90 Å². The molecule has 0 bridgehead atoms. The highest BCUT2D eigenvalue weighted by atomic mass is 15.3. The molecule has 24 heavy (non-hydrogen) atoms. The van der Waals surface area contributed by atoms with Gasteiger partial charge in [0.1, 0.15) is 0 Å². The minimum Gasteiger partial charge on any atom is -0.346 e. The molecule has 1 saturated heterocycles. The van der Waals surface area contributed by atoms with Crippen molar-refractivity contribution in [3.63, 3.8) is 0 Å². The van der Waals surface area contributed by atoms with Gasteiger partial charge in [0.2, 0.25) is 0 Å². The number of anilines is 1. The van der Waals surface area contributed by atoms with Gasteiger partial charge in [-0.1, -0.05) is 60.4 Å². The van der Waals surface area contributed by atoms with Gasteiger partial charge in [-0.05, 0) is 64.2 Å². The first-order valence-corrected chi connectivity index (χ1v) is 9.21. The minimum absolute atomic E-state index is 0.0153. The second-order valence-electron chi connectivity index (χ2n) is 8.52. The summed E-state index contributed by atoms with van der Waals surface area (Å²) in [4.78, 5) is 2.62. The molecular weight excluding hydrogens is 290 g/mol. The molecule has 0 aromatic heterocycles. The smallest absolute Gasteiger partial charge is 0.0812 e. The number of nitrogens with zero attached hydrogens (tertiary/aromatic N) is 1. The molecule has 1 aliphatic heterocycles. The zero-order valence-corrected chi connectivity index (χ0v) is 16.1. The molecule has 4 unspecified atom stereocenters. The van der Waals surface area contributed by atoms with Gasteiger partial charge < -0.3 is 4.90 Å².